The highest BCUT2D eigenvalue weighted by Gasteiger charge is 2.27. The van der Waals surface area contributed by atoms with Gasteiger partial charge in [0.05, 0.1) is 21.4 Å². The zero-order chi connectivity index (χ0) is 24.7. The quantitative estimate of drug-likeness (QED) is 0.172. The van der Waals surface area contributed by atoms with Gasteiger partial charge in [0, 0.05) is 35.4 Å². The summed E-state index contributed by atoms with van der Waals surface area (Å²) in [6.45, 7) is 0. The molecule has 34 heavy (non-hydrogen) atoms. The first-order valence-corrected chi connectivity index (χ1v) is 10.8. The van der Waals surface area contributed by atoms with E-state index in [4.69, 9.17) is 27.9 Å². The van der Waals surface area contributed by atoms with Crippen molar-refractivity contribution in [1.29, 1.82) is 0 Å². The number of anilines is 1. The van der Waals surface area contributed by atoms with Crippen LogP contribution in [-0.4, -0.2) is 22.6 Å². The Kier molecular flexibility index (Phi) is 8.34. The van der Waals surface area contributed by atoms with Crippen molar-refractivity contribution < 1.29 is 24.0 Å². The molecule has 0 fully saturated rings. The van der Waals surface area contributed by atoms with Crippen molar-refractivity contribution in [3.05, 3.63) is 104 Å². The van der Waals surface area contributed by atoms with Crippen LogP contribution in [0, 0.1) is 10.1 Å². The number of carbonyl (C=O) groups is 3. The molecule has 0 saturated carbocycles. The molecular weight excluding hydrogens is 483 g/mol. The molecular formula is C24H18Cl2N2O6. The zero-order valence-corrected chi connectivity index (χ0v) is 19.1. The van der Waals surface area contributed by atoms with E-state index in [0.29, 0.717) is 16.3 Å². The summed E-state index contributed by atoms with van der Waals surface area (Å²) in [6, 6.07) is 17.9. The zero-order valence-electron chi connectivity index (χ0n) is 17.6. The number of non-ortho nitro benzene ring substituents is 1. The number of ether oxygens (including phenoxy) is 1. The molecule has 0 radical (unpaired) electrons. The van der Waals surface area contributed by atoms with Gasteiger partial charge in [-0.05, 0) is 30.3 Å². The van der Waals surface area contributed by atoms with Crippen LogP contribution in [0.5, 0.6) is 0 Å². The number of esters is 1. The summed E-state index contributed by atoms with van der Waals surface area (Å²) in [5, 5.41) is 14.1. The number of hydrogen-bond acceptors (Lipinski definition) is 6. The van der Waals surface area contributed by atoms with Gasteiger partial charge >= 0.3 is 5.97 Å². The summed E-state index contributed by atoms with van der Waals surface area (Å²) in [5.74, 6) is -1.74. The smallest absolute Gasteiger partial charge is 0.307 e. The largest absolute Gasteiger partial charge is 0.449 e. The van der Waals surface area contributed by atoms with E-state index in [9.17, 15) is 24.5 Å². The van der Waals surface area contributed by atoms with Gasteiger partial charge in [-0.1, -0.05) is 53.5 Å². The van der Waals surface area contributed by atoms with Gasteiger partial charge in [0.2, 0.25) is 11.7 Å². The molecule has 3 aromatic rings. The second kappa shape index (κ2) is 11.4. The van der Waals surface area contributed by atoms with E-state index >= 15 is 0 Å². The first kappa shape index (κ1) is 24.9. The van der Waals surface area contributed by atoms with E-state index in [1.54, 1.807) is 36.4 Å². The highest BCUT2D eigenvalue weighted by Crippen LogP contribution is 2.27. The first-order chi connectivity index (χ1) is 16.2. The molecule has 0 aliphatic rings. The van der Waals surface area contributed by atoms with Crippen LogP contribution in [0.1, 0.15) is 34.9 Å². The van der Waals surface area contributed by atoms with Crippen molar-refractivity contribution in [2.24, 2.45) is 0 Å². The van der Waals surface area contributed by atoms with E-state index < -0.39 is 28.7 Å². The van der Waals surface area contributed by atoms with Crippen molar-refractivity contribution in [3.8, 4) is 0 Å². The maximum atomic E-state index is 13.0. The van der Waals surface area contributed by atoms with Gasteiger partial charge in [-0.25, -0.2) is 0 Å². The third-order valence-corrected chi connectivity index (χ3v) is 5.45. The minimum atomic E-state index is -1.33. The van der Waals surface area contributed by atoms with E-state index in [0.717, 1.165) is 0 Å². The number of ketones is 1. The lowest BCUT2D eigenvalue weighted by atomic mass is 9.99. The monoisotopic (exact) mass is 500 g/mol. The SMILES string of the molecule is O=C(CCC(=O)O[C@H](C(=O)c1ccccc1)c1ccc([N+](=O)[O-])cc1)Nc1ccc(Cl)c(Cl)c1. The minimum absolute atomic E-state index is 0.167. The van der Waals surface area contributed by atoms with Crippen LogP contribution in [0.4, 0.5) is 11.4 Å². The van der Waals surface area contributed by atoms with Crippen molar-refractivity contribution in [3.63, 3.8) is 0 Å². The Morgan fingerprint density at radius 3 is 2.21 bits per heavy atom. The van der Waals surface area contributed by atoms with Gasteiger partial charge in [-0.3, -0.25) is 24.5 Å². The molecule has 8 nitrogen and oxygen atoms in total. The summed E-state index contributed by atoms with van der Waals surface area (Å²) >= 11 is 11.8. The number of nitro groups is 1. The van der Waals surface area contributed by atoms with Gasteiger partial charge in [0.25, 0.3) is 5.69 Å². The highest BCUT2D eigenvalue weighted by molar-refractivity contribution is 6.42. The second-order valence-electron chi connectivity index (χ2n) is 7.13. The van der Waals surface area contributed by atoms with E-state index in [1.165, 1.54) is 36.4 Å². The number of amides is 1. The van der Waals surface area contributed by atoms with Crippen LogP contribution in [0.2, 0.25) is 10.0 Å². The van der Waals surface area contributed by atoms with Crippen molar-refractivity contribution >= 4 is 52.2 Å². The fourth-order valence-electron chi connectivity index (χ4n) is 3.00. The number of nitrogens with one attached hydrogen (secondary N) is 1. The Morgan fingerprint density at radius 1 is 0.912 bits per heavy atom. The summed E-state index contributed by atoms with van der Waals surface area (Å²) < 4.78 is 5.41. The van der Waals surface area contributed by atoms with Gasteiger partial charge in [0.1, 0.15) is 0 Å². The second-order valence-corrected chi connectivity index (χ2v) is 7.94. The predicted octanol–water partition coefficient (Wildman–Crippen LogP) is 5.79. The molecule has 0 unspecified atom stereocenters. The predicted molar refractivity (Wildman–Crippen MR) is 127 cm³/mol. The van der Waals surface area contributed by atoms with Crippen LogP contribution in [0.3, 0.4) is 0 Å². The Bertz CT molecular complexity index is 1220. The summed E-state index contributed by atoms with van der Waals surface area (Å²) in [6.07, 6.45) is -1.82. The summed E-state index contributed by atoms with van der Waals surface area (Å²) in [5.41, 5.74) is 0.819. The Labute approximate surface area is 204 Å². The van der Waals surface area contributed by atoms with E-state index in [-0.39, 0.29) is 29.1 Å². The maximum absolute atomic E-state index is 13.0. The Morgan fingerprint density at radius 2 is 1.59 bits per heavy atom. The van der Waals surface area contributed by atoms with E-state index in [1.807, 2.05) is 0 Å². The van der Waals surface area contributed by atoms with Crippen molar-refractivity contribution in [2.45, 2.75) is 18.9 Å². The van der Waals surface area contributed by atoms with Crippen molar-refractivity contribution in [1.82, 2.24) is 0 Å². The lowest BCUT2D eigenvalue weighted by Crippen LogP contribution is -2.21. The Balaban J connectivity index is 1.69. The third kappa shape index (κ3) is 6.63. The third-order valence-electron chi connectivity index (χ3n) is 4.71. The van der Waals surface area contributed by atoms with E-state index in [2.05, 4.69) is 5.32 Å². The number of benzene rings is 3. The normalized spacial score (nSPS) is 11.4. The molecule has 0 aliphatic heterocycles. The Hall–Kier alpha value is -3.75. The number of nitrogens with zero attached hydrogens (tertiary/aromatic N) is 1. The number of rotatable bonds is 9. The lowest BCUT2D eigenvalue weighted by molar-refractivity contribution is -0.384. The molecule has 0 saturated heterocycles. The molecule has 1 amide bonds. The number of halogens is 2. The molecule has 0 bridgehead atoms. The maximum Gasteiger partial charge on any atom is 0.307 e. The molecule has 0 aromatic heterocycles. The highest BCUT2D eigenvalue weighted by atomic mass is 35.5. The lowest BCUT2D eigenvalue weighted by Gasteiger charge is -2.17. The molecule has 0 aliphatic carbocycles. The molecule has 174 valence electrons. The first-order valence-electron chi connectivity index (χ1n) is 10.0. The molecule has 1 atom stereocenters. The minimum Gasteiger partial charge on any atom is -0.449 e. The fourth-order valence-corrected chi connectivity index (χ4v) is 3.30. The van der Waals surface area contributed by atoms with Gasteiger partial charge in [-0.2, -0.15) is 0 Å². The molecule has 1 N–H and O–H groups in total. The number of hydrogen-bond donors (Lipinski definition) is 1. The molecule has 3 aromatic carbocycles. The standard InChI is InChI=1S/C24H18Cl2N2O6/c25-19-11-8-17(14-20(19)26)27-21(29)12-13-22(30)34-24(23(31)15-4-2-1-3-5-15)16-6-9-18(10-7-16)28(32)33/h1-11,14,24H,12-13H2,(H,27,29)/t24-/m0/s1. The molecule has 0 spiro atoms. The van der Waals surface area contributed by atoms with Crippen LogP contribution >= 0.6 is 23.2 Å². The summed E-state index contributed by atoms with van der Waals surface area (Å²) in [7, 11) is 0. The summed E-state index contributed by atoms with van der Waals surface area (Å²) in [4.78, 5) is 48.1. The molecule has 0 heterocycles. The number of Topliss-reactive ketones (excluding diaryl/α,β-unsaturated/α-hetero) is 1. The van der Waals surface area contributed by atoms with Crippen LogP contribution < -0.4 is 5.32 Å². The molecule has 10 heteroatoms. The molecule has 3 rings (SSSR count). The van der Waals surface area contributed by atoms with Gasteiger partial charge < -0.3 is 10.1 Å². The van der Waals surface area contributed by atoms with Gasteiger partial charge in [-0.15, -0.1) is 0 Å². The van der Waals surface area contributed by atoms with Crippen LogP contribution in [0.15, 0.2) is 72.8 Å². The van der Waals surface area contributed by atoms with Crippen molar-refractivity contribution in [2.75, 3.05) is 5.32 Å². The average molecular weight is 501 g/mol. The number of carbonyl (C=O) groups excluding carboxylic acids is 3. The topological polar surface area (TPSA) is 116 Å². The van der Waals surface area contributed by atoms with Gasteiger partial charge in [0.15, 0.2) is 6.10 Å². The fraction of sp³-hybridized carbons (Fsp3) is 0.125. The van der Waals surface area contributed by atoms with Crippen LogP contribution in [-0.2, 0) is 14.3 Å². The number of nitro benzene ring substituents is 1. The van der Waals surface area contributed by atoms with Crippen LogP contribution in [0.25, 0.3) is 0 Å². The average Bonchev–Trinajstić information content (AvgIpc) is 2.84.